The van der Waals surface area contributed by atoms with Gasteiger partial charge in [-0.05, 0) is 13.8 Å². The molecule has 1 rings (SSSR count). The quantitative estimate of drug-likeness (QED) is 0.790. The molecule has 0 fully saturated rings. The summed E-state index contributed by atoms with van der Waals surface area (Å²) in [5, 5.41) is 0.924. The van der Waals surface area contributed by atoms with Gasteiger partial charge in [0.05, 0.1) is 5.69 Å². The third-order valence-electron chi connectivity index (χ3n) is 2.01. The van der Waals surface area contributed by atoms with Crippen LogP contribution in [0.2, 0.25) is 0 Å². The van der Waals surface area contributed by atoms with Crippen molar-refractivity contribution in [3.63, 3.8) is 0 Å². The number of hydrogen-bond donors (Lipinski definition) is 0. The maximum Gasteiger partial charge on any atom is 0.406 e. The van der Waals surface area contributed by atoms with E-state index in [9.17, 15) is 13.2 Å². The second-order valence-corrected chi connectivity index (χ2v) is 5.34. The lowest BCUT2D eigenvalue weighted by atomic mass is 10.4. The molecule has 0 aliphatic carbocycles. The molecule has 0 amide bonds. The van der Waals surface area contributed by atoms with Gasteiger partial charge in [-0.3, -0.25) is 0 Å². The van der Waals surface area contributed by atoms with Crippen molar-refractivity contribution >= 4 is 32.4 Å². The van der Waals surface area contributed by atoms with Crippen molar-refractivity contribution in [2.24, 2.45) is 0 Å². The Kier molecular flexibility index (Phi) is 4.61. The molecule has 0 aliphatic heterocycles. The Hall–Kier alpha value is -0.300. The first-order chi connectivity index (χ1) is 7.33. The van der Waals surface area contributed by atoms with Gasteiger partial charge in [0.2, 0.25) is 0 Å². The van der Waals surface area contributed by atoms with Gasteiger partial charge in [-0.15, -0.1) is 11.3 Å². The minimum atomic E-state index is -4.20. The van der Waals surface area contributed by atoms with Gasteiger partial charge >= 0.3 is 6.18 Å². The van der Waals surface area contributed by atoms with E-state index in [-0.39, 0.29) is 0 Å². The lowest BCUT2D eigenvalue weighted by Gasteiger charge is -2.22. The Labute approximate surface area is 105 Å². The van der Waals surface area contributed by atoms with E-state index in [0.717, 1.165) is 10.6 Å². The van der Waals surface area contributed by atoms with E-state index in [0.29, 0.717) is 17.0 Å². The first kappa shape index (κ1) is 13.8. The molecule has 1 heterocycles. The third-order valence-corrected chi connectivity index (χ3v) is 3.50. The lowest BCUT2D eigenvalue weighted by Crippen LogP contribution is -2.35. The Bertz CT molecular complexity index is 332. The van der Waals surface area contributed by atoms with E-state index in [4.69, 9.17) is 0 Å². The summed E-state index contributed by atoms with van der Waals surface area (Å²) in [7, 11) is 0. The molecule has 7 heteroatoms. The van der Waals surface area contributed by atoms with Gasteiger partial charge in [-0.1, -0.05) is 15.9 Å². The van der Waals surface area contributed by atoms with Crippen molar-refractivity contribution in [1.29, 1.82) is 0 Å². The molecule has 1 aromatic rings. The zero-order valence-electron chi connectivity index (χ0n) is 8.94. The second kappa shape index (κ2) is 5.35. The highest BCUT2D eigenvalue weighted by Crippen LogP contribution is 2.28. The summed E-state index contributed by atoms with van der Waals surface area (Å²) in [5.41, 5.74) is 0.793. The molecule has 92 valence electrons. The van der Waals surface area contributed by atoms with Crippen LogP contribution in [0.1, 0.15) is 10.6 Å². The summed E-state index contributed by atoms with van der Waals surface area (Å²) < 4.78 is 37.0. The number of hydrogen-bond acceptors (Lipinski definition) is 3. The van der Waals surface area contributed by atoms with Gasteiger partial charge in [0.25, 0.3) is 0 Å². The van der Waals surface area contributed by atoms with Gasteiger partial charge in [0, 0.05) is 16.8 Å². The summed E-state index contributed by atoms with van der Waals surface area (Å²) in [5.74, 6) is 0. The lowest BCUT2D eigenvalue weighted by molar-refractivity contribution is -0.119. The molecule has 16 heavy (non-hydrogen) atoms. The van der Waals surface area contributed by atoms with Crippen LogP contribution in [0.3, 0.4) is 0 Å². The molecular formula is C9H12BrF3N2S. The first-order valence-electron chi connectivity index (χ1n) is 4.65. The summed E-state index contributed by atoms with van der Waals surface area (Å²) in [6.07, 6.45) is -4.20. The van der Waals surface area contributed by atoms with E-state index in [1.54, 1.807) is 6.92 Å². The Morgan fingerprint density at radius 1 is 1.38 bits per heavy atom. The van der Waals surface area contributed by atoms with Crippen LogP contribution in [0.15, 0.2) is 0 Å². The summed E-state index contributed by atoms with van der Waals surface area (Å²) >= 11 is 4.45. The predicted octanol–water partition coefficient (Wildman–Crippen LogP) is 3.52. The number of nitrogens with zero attached hydrogens (tertiary/aromatic N) is 2. The molecule has 0 radical (unpaired) electrons. The van der Waals surface area contributed by atoms with Gasteiger partial charge < -0.3 is 4.90 Å². The topological polar surface area (TPSA) is 16.1 Å². The molecule has 0 saturated heterocycles. The maximum atomic E-state index is 12.3. The number of aryl methyl sites for hydroxylation is 2. The molecule has 0 spiro atoms. The molecule has 0 aromatic carbocycles. The number of alkyl halides is 4. The number of thiazole rings is 1. The fourth-order valence-corrected chi connectivity index (χ4v) is 2.51. The number of anilines is 1. The highest BCUT2D eigenvalue weighted by atomic mass is 79.9. The highest BCUT2D eigenvalue weighted by Gasteiger charge is 2.31. The van der Waals surface area contributed by atoms with Crippen LogP contribution in [0.25, 0.3) is 0 Å². The van der Waals surface area contributed by atoms with Gasteiger partial charge in [0.15, 0.2) is 5.13 Å². The molecule has 1 aromatic heterocycles. The molecule has 0 bridgehead atoms. The van der Waals surface area contributed by atoms with Crippen LogP contribution in [0.4, 0.5) is 18.3 Å². The Morgan fingerprint density at radius 2 is 2.00 bits per heavy atom. The zero-order chi connectivity index (χ0) is 12.3. The monoisotopic (exact) mass is 316 g/mol. The average molecular weight is 317 g/mol. The Morgan fingerprint density at radius 3 is 2.38 bits per heavy atom. The van der Waals surface area contributed by atoms with E-state index in [2.05, 4.69) is 20.9 Å². The summed E-state index contributed by atoms with van der Waals surface area (Å²) in [6.45, 7) is 3.00. The zero-order valence-corrected chi connectivity index (χ0v) is 11.3. The van der Waals surface area contributed by atoms with Crippen LogP contribution in [0.5, 0.6) is 0 Å². The third kappa shape index (κ3) is 3.93. The van der Waals surface area contributed by atoms with Gasteiger partial charge in [-0.25, -0.2) is 4.98 Å². The van der Waals surface area contributed by atoms with E-state index < -0.39 is 12.7 Å². The fraction of sp³-hybridized carbons (Fsp3) is 0.667. The molecule has 2 nitrogen and oxygen atoms in total. The largest absolute Gasteiger partial charge is 0.406 e. The number of rotatable bonds is 4. The van der Waals surface area contributed by atoms with Crippen molar-refractivity contribution in [2.75, 3.05) is 23.3 Å². The minimum Gasteiger partial charge on any atom is -0.338 e. The van der Waals surface area contributed by atoms with E-state index in [1.165, 1.54) is 16.2 Å². The Balaban J connectivity index is 2.85. The van der Waals surface area contributed by atoms with Crippen molar-refractivity contribution in [3.8, 4) is 0 Å². The van der Waals surface area contributed by atoms with Crippen LogP contribution in [-0.4, -0.2) is 29.6 Å². The van der Waals surface area contributed by atoms with E-state index >= 15 is 0 Å². The first-order valence-corrected chi connectivity index (χ1v) is 6.59. The predicted molar refractivity (Wildman–Crippen MR) is 63.7 cm³/mol. The van der Waals surface area contributed by atoms with Gasteiger partial charge in [0.1, 0.15) is 6.54 Å². The number of halogens is 4. The molecular weight excluding hydrogens is 305 g/mol. The SMILES string of the molecule is Cc1nc(N(CCBr)CC(F)(F)F)sc1C. The summed E-state index contributed by atoms with van der Waals surface area (Å²) in [6, 6.07) is 0. The maximum absolute atomic E-state index is 12.3. The minimum absolute atomic E-state index is 0.298. The molecule has 0 atom stereocenters. The van der Waals surface area contributed by atoms with Crippen molar-refractivity contribution in [3.05, 3.63) is 10.6 Å². The van der Waals surface area contributed by atoms with Crippen molar-refractivity contribution in [1.82, 2.24) is 4.98 Å². The molecule has 0 saturated carbocycles. The highest BCUT2D eigenvalue weighted by molar-refractivity contribution is 9.09. The summed E-state index contributed by atoms with van der Waals surface area (Å²) in [4.78, 5) is 6.34. The van der Waals surface area contributed by atoms with Crippen LogP contribution in [0, 0.1) is 13.8 Å². The smallest absolute Gasteiger partial charge is 0.338 e. The van der Waals surface area contributed by atoms with Crippen LogP contribution < -0.4 is 4.90 Å². The van der Waals surface area contributed by atoms with Crippen molar-refractivity contribution < 1.29 is 13.2 Å². The van der Waals surface area contributed by atoms with Gasteiger partial charge in [-0.2, -0.15) is 13.2 Å². The van der Waals surface area contributed by atoms with Crippen LogP contribution >= 0.6 is 27.3 Å². The molecule has 0 N–H and O–H groups in total. The number of aromatic nitrogens is 1. The second-order valence-electron chi connectivity index (χ2n) is 3.36. The standard InChI is InChI=1S/C9H12BrF3N2S/c1-6-7(2)16-8(14-6)15(4-3-10)5-9(11,12)13/h3-5H2,1-2H3. The fourth-order valence-electron chi connectivity index (χ4n) is 1.15. The van der Waals surface area contributed by atoms with E-state index in [1.807, 2.05) is 6.92 Å². The average Bonchev–Trinajstić information content (AvgIpc) is 2.44. The van der Waals surface area contributed by atoms with Crippen molar-refractivity contribution in [2.45, 2.75) is 20.0 Å². The normalized spacial score (nSPS) is 11.9. The molecule has 0 aliphatic rings. The molecule has 0 unspecified atom stereocenters. The van der Waals surface area contributed by atoms with Crippen LogP contribution in [-0.2, 0) is 0 Å².